The van der Waals surface area contributed by atoms with E-state index in [1.165, 1.54) is 11.1 Å². The molecule has 4 aromatic rings. The molecular weight excluding hydrogens is 458 g/mol. The molecule has 34 heavy (non-hydrogen) atoms. The lowest BCUT2D eigenvalue weighted by Gasteiger charge is -2.21. The average Bonchev–Trinajstić information content (AvgIpc) is 3.32. The summed E-state index contributed by atoms with van der Waals surface area (Å²) in [5.41, 5.74) is 3.01. The number of fused-ring (bicyclic) bond motifs is 2. The first kappa shape index (κ1) is 21.9. The minimum Gasteiger partial charge on any atom is -0.447 e. The molecule has 10 heteroatoms. The Morgan fingerprint density at radius 1 is 1.18 bits per heavy atom. The molecule has 2 aromatic carbocycles. The van der Waals surface area contributed by atoms with Gasteiger partial charge in [-0.3, -0.25) is 19.4 Å². The maximum Gasteiger partial charge on any atom is 0.411 e. The molecule has 0 aliphatic carbocycles. The number of hydrogen-bond acceptors (Lipinski definition) is 6. The van der Waals surface area contributed by atoms with Crippen molar-refractivity contribution in [1.29, 1.82) is 0 Å². The molecule has 0 saturated heterocycles. The summed E-state index contributed by atoms with van der Waals surface area (Å²) in [6.07, 6.45) is 2.91. The Hall–Kier alpha value is -3.95. The van der Waals surface area contributed by atoms with E-state index < -0.39 is 12.3 Å². The van der Waals surface area contributed by atoms with Crippen LogP contribution < -0.4 is 10.2 Å². The second kappa shape index (κ2) is 8.44. The second-order valence-corrected chi connectivity index (χ2v) is 8.46. The molecule has 3 heterocycles. The number of nitrogens with zero attached hydrogens (tertiary/aromatic N) is 4. The molecule has 0 radical (unpaired) electrons. The number of imidazole rings is 1. The zero-order chi connectivity index (χ0) is 24.0. The van der Waals surface area contributed by atoms with Crippen molar-refractivity contribution in [3.05, 3.63) is 77.2 Å². The van der Waals surface area contributed by atoms with Crippen molar-refractivity contribution in [2.45, 2.75) is 26.2 Å². The number of halogens is 1. The number of rotatable bonds is 4. The van der Waals surface area contributed by atoms with Crippen molar-refractivity contribution in [3.63, 3.8) is 0 Å². The highest BCUT2D eigenvalue weighted by Gasteiger charge is 2.36. The fraction of sp³-hybridized carbons (Fsp3) is 0.167. The van der Waals surface area contributed by atoms with Crippen molar-refractivity contribution in [1.82, 2.24) is 14.4 Å². The molecule has 0 saturated carbocycles. The average molecular weight is 478 g/mol. The molecule has 0 spiro atoms. The molecule has 1 atom stereocenters. The monoisotopic (exact) mass is 477 g/mol. The summed E-state index contributed by atoms with van der Waals surface area (Å²) in [5, 5.41) is 13.8. The molecular formula is C24H20ClN5O4. The van der Waals surface area contributed by atoms with Gasteiger partial charge in [0.1, 0.15) is 0 Å². The lowest BCUT2D eigenvalue weighted by Crippen LogP contribution is -2.27. The lowest BCUT2D eigenvalue weighted by atomic mass is 10.1. The van der Waals surface area contributed by atoms with Crippen LogP contribution in [0.2, 0.25) is 5.02 Å². The van der Waals surface area contributed by atoms with Gasteiger partial charge in [-0.15, -0.1) is 0 Å². The van der Waals surface area contributed by atoms with Gasteiger partial charge in [-0.05, 0) is 38.1 Å². The van der Waals surface area contributed by atoms with Crippen molar-refractivity contribution in [2.75, 3.05) is 10.2 Å². The Morgan fingerprint density at radius 3 is 2.74 bits per heavy atom. The number of carbonyl (C=O) groups excluding carboxylic acids is 2. The Bertz CT molecular complexity index is 1430. The summed E-state index contributed by atoms with van der Waals surface area (Å²) >= 11 is 6.47. The van der Waals surface area contributed by atoms with Crippen LogP contribution in [0.3, 0.4) is 0 Å². The number of ether oxygens (including phenoxy) is 1. The van der Waals surface area contributed by atoms with Gasteiger partial charge in [0.2, 0.25) is 5.78 Å². The molecule has 2 aromatic heterocycles. The number of nitrogens with one attached hydrogen (secondary N) is 1. The molecule has 0 bridgehead atoms. The standard InChI is InChI=1S/C24H20ClN5O4/c1-13(2)34-24(33)27-14-10-26-23-28-20(12-29(23)11-14)18-9-15(7-8-19(18)25)30-21(31)16-5-3-4-6-17(16)22(30)32/h3-13,21,31H,1-2H3,(H,27,33). The molecule has 172 valence electrons. The van der Waals surface area contributed by atoms with E-state index in [2.05, 4.69) is 15.3 Å². The van der Waals surface area contributed by atoms with E-state index >= 15 is 0 Å². The van der Waals surface area contributed by atoms with Crippen LogP contribution in [0.1, 0.15) is 36.0 Å². The van der Waals surface area contributed by atoms with Gasteiger partial charge in [-0.2, -0.15) is 0 Å². The smallest absolute Gasteiger partial charge is 0.411 e. The van der Waals surface area contributed by atoms with Gasteiger partial charge in [-0.25, -0.2) is 14.8 Å². The van der Waals surface area contributed by atoms with Gasteiger partial charge in [0.15, 0.2) is 6.23 Å². The predicted molar refractivity (Wildman–Crippen MR) is 127 cm³/mol. The predicted octanol–water partition coefficient (Wildman–Crippen LogP) is 4.66. The van der Waals surface area contributed by atoms with E-state index in [0.717, 1.165) is 0 Å². The van der Waals surface area contributed by atoms with Crippen LogP contribution >= 0.6 is 11.6 Å². The lowest BCUT2D eigenvalue weighted by molar-refractivity contribution is 0.0935. The highest BCUT2D eigenvalue weighted by molar-refractivity contribution is 6.33. The van der Waals surface area contributed by atoms with Gasteiger partial charge >= 0.3 is 6.09 Å². The summed E-state index contributed by atoms with van der Waals surface area (Å²) in [7, 11) is 0. The van der Waals surface area contributed by atoms with E-state index in [4.69, 9.17) is 16.3 Å². The molecule has 0 fully saturated rings. The summed E-state index contributed by atoms with van der Waals surface area (Å²) < 4.78 is 6.73. The number of carbonyl (C=O) groups is 2. The number of aromatic nitrogens is 3. The van der Waals surface area contributed by atoms with Crippen LogP contribution in [0.15, 0.2) is 61.1 Å². The highest BCUT2D eigenvalue weighted by atomic mass is 35.5. The summed E-state index contributed by atoms with van der Waals surface area (Å²) in [6.45, 7) is 3.52. The van der Waals surface area contributed by atoms with E-state index in [1.54, 1.807) is 73.1 Å². The van der Waals surface area contributed by atoms with Gasteiger partial charge < -0.3 is 9.84 Å². The van der Waals surface area contributed by atoms with Gasteiger partial charge in [0.05, 0.1) is 28.7 Å². The number of aliphatic hydroxyl groups excluding tert-OH is 1. The fourth-order valence-electron chi connectivity index (χ4n) is 3.86. The number of benzene rings is 2. The molecule has 1 aliphatic heterocycles. The SMILES string of the molecule is CC(C)OC(=O)Nc1cnc2nc(-c3cc(N4C(=O)c5ccccc5C4O)ccc3Cl)cn2c1. The second-order valence-electron chi connectivity index (χ2n) is 8.06. The fourth-order valence-corrected chi connectivity index (χ4v) is 4.07. The van der Waals surface area contributed by atoms with Gasteiger partial charge in [0.25, 0.3) is 5.91 Å². The number of hydrogen-bond donors (Lipinski definition) is 2. The van der Waals surface area contributed by atoms with Crippen molar-refractivity contribution in [2.24, 2.45) is 0 Å². The minimum absolute atomic E-state index is 0.250. The first-order chi connectivity index (χ1) is 16.3. The summed E-state index contributed by atoms with van der Waals surface area (Å²) in [6, 6.07) is 12.0. The van der Waals surface area contributed by atoms with Crippen molar-refractivity contribution < 1.29 is 19.4 Å². The maximum absolute atomic E-state index is 12.9. The largest absolute Gasteiger partial charge is 0.447 e. The Kier molecular flexibility index (Phi) is 5.43. The Labute approximate surface area is 199 Å². The number of amides is 2. The van der Waals surface area contributed by atoms with E-state index in [0.29, 0.717) is 44.6 Å². The molecule has 1 aliphatic rings. The Morgan fingerprint density at radius 2 is 1.97 bits per heavy atom. The summed E-state index contributed by atoms with van der Waals surface area (Å²) in [5.74, 6) is 0.0981. The molecule has 1 unspecified atom stereocenters. The molecule has 2 N–H and O–H groups in total. The zero-order valence-electron chi connectivity index (χ0n) is 18.3. The van der Waals surface area contributed by atoms with E-state index in [1.807, 2.05) is 0 Å². The number of aliphatic hydroxyl groups is 1. The highest BCUT2D eigenvalue weighted by Crippen LogP contribution is 2.39. The normalized spacial score (nSPS) is 15.1. The van der Waals surface area contributed by atoms with Crippen LogP contribution in [-0.4, -0.2) is 37.6 Å². The van der Waals surface area contributed by atoms with E-state index in [-0.39, 0.29) is 12.0 Å². The molecule has 5 rings (SSSR count). The topological polar surface area (TPSA) is 109 Å². The summed E-state index contributed by atoms with van der Waals surface area (Å²) in [4.78, 5) is 34.9. The minimum atomic E-state index is -1.10. The first-order valence-corrected chi connectivity index (χ1v) is 10.9. The third-order valence-corrected chi connectivity index (χ3v) is 5.67. The quantitative estimate of drug-likeness (QED) is 0.442. The van der Waals surface area contributed by atoms with E-state index in [9.17, 15) is 14.7 Å². The van der Waals surface area contributed by atoms with Crippen LogP contribution in [0.25, 0.3) is 17.0 Å². The Balaban J connectivity index is 1.47. The van der Waals surface area contributed by atoms with Gasteiger partial charge in [0, 0.05) is 34.8 Å². The number of anilines is 2. The van der Waals surface area contributed by atoms with Crippen LogP contribution in [0.5, 0.6) is 0 Å². The van der Waals surface area contributed by atoms with Crippen LogP contribution in [0.4, 0.5) is 16.2 Å². The third kappa shape index (κ3) is 3.85. The van der Waals surface area contributed by atoms with Crippen molar-refractivity contribution >= 4 is 40.8 Å². The van der Waals surface area contributed by atoms with Crippen LogP contribution in [0, 0.1) is 0 Å². The molecule has 2 amide bonds. The van der Waals surface area contributed by atoms with Gasteiger partial charge in [-0.1, -0.05) is 29.8 Å². The third-order valence-electron chi connectivity index (χ3n) is 5.34. The first-order valence-electron chi connectivity index (χ1n) is 10.5. The zero-order valence-corrected chi connectivity index (χ0v) is 19.0. The molecule has 9 nitrogen and oxygen atoms in total. The van der Waals surface area contributed by atoms with Crippen LogP contribution in [-0.2, 0) is 4.74 Å². The maximum atomic E-state index is 12.9. The van der Waals surface area contributed by atoms with Crippen molar-refractivity contribution in [3.8, 4) is 11.3 Å².